The SMILES string of the molecule is CC(C)(C)OC(=O)NCC1(C)CCS1(=O)=O. The van der Waals surface area contributed by atoms with Crippen LogP contribution in [0, 0.1) is 0 Å². The summed E-state index contributed by atoms with van der Waals surface area (Å²) in [7, 11) is -3.03. The third-order valence-corrected chi connectivity index (χ3v) is 5.25. The number of nitrogens with one attached hydrogen (secondary N) is 1. The van der Waals surface area contributed by atoms with E-state index in [0.29, 0.717) is 6.42 Å². The van der Waals surface area contributed by atoms with Gasteiger partial charge in [0, 0.05) is 6.54 Å². The van der Waals surface area contributed by atoms with Crippen molar-refractivity contribution in [1.29, 1.82) is 0 Å². The Balaban J connectivity index is 2.45. The number of amides is 1. The van der Waals surface area contributed by atoms with E-state index in [0.717, 1.165) is 0 Å². The molecule has 0 spiro atoms. The molecule has 0 saturated carbocycles. The maximum atomic E-state index is 11.4. The van der Waals surface area contributed by atoms with Crippen LogP contribution in [0.3, 0.4) is 0 Å². The van der Waals surface area contributed by atoms with Crippen LogP contribution in [0.4, 0.5) is 4.79 Å². The van der Waals surface area contributed by atoms with Gasteiger partial charge in [-0.15, -0.1) is 0 Å². The molecule has 94 valence electrons. The molecule has 1 heterocycles. The van der Waals surface area contributed by atoms with Gasteiger partial charge >= 0.3 is 6.09 Å². The smallest absolute Gasteiger partial charge is 0.407 e. The van der Waals surface area contributed by atoms with E-state index >= 15 is 0 Å². The molecule has 0 aromatic rings. The predicted octanol–water partition coefficient (Wildman–Crippen LogP) is 1.09. The Kier molecular flexibility index (Phi) is 3.24. The molecule has 1 rings (SSSR count). The minimum Gasteiger partial charge on any atom is -0.444 e. The van der Waals surface area contributed by atoms with Crippen LogP contribution in [0.25, 0.3) is 0 Å². The lowest BCUT2D eigenvalue weighted by Gasteiger charge is -2.37. The Bertz CT molecular complexity index is 382. The van der Waals surface area contributed by atoms with Crippen molar-refractivity contribution in [1.82, 2.24) is 5.32 Å². The highest BCUT2D eigenvalue weighted by Crippen LogP contribution is 2.32. The number of alkyl carbamates (subject to hydrolysis) is 1. The molecule has 1 aliphatic heterocycles. The fraction of sp³-hybridized carbons (Fsp3) is 0.900. The van der Waals surface area contributed by atoms with Gasteiger partial charge in [-0.3, -0.25) is 0 Å². The first-order valence-electron chi connectivity index (χ1n) is 5.25. The molecule has 0 aliphatic carbocycles. The second-order valence-corrected chi connectivity index (χ2v) is 8.00. The van der Waals surface area contributed by atoms with Crippen molar-refractivity contribution in [3.05, 3.63) is 0 Å². The molecule has 1 N–H and O–H groups in total. The monoisotopic (exact) mass is 249 g/mol. The quantitative estimate of drug-likeness (QED) is 0.795. The number of hydrogen-bond acceptors (Lipinski definition) is 4. The molecule has 0 bridgehead atoms. The summed E-state index contributed by atoms with van der Waals surface area (Å²) in [6.45, 7) is 7.03. The zero-order valence-corrected chi connectivity index (χ0v) is 11.0. The molecule has 1 aliphatic rings. The zero-order valence-electron chi connectivity index (χ0n) is 10.2. The lowest BCUT2D eigenvalue weighted by Crippen LogP contribution is -2.56. The van der Waals surface area contributed by atoms with E-state index in [1.807, 2.05) is 0 Å². The van der Waals surface area contributed by atoms with E-state index in [1.165, 1.54) is 0 Å². The van der Waals surface area contributed by atoms with E-state index in [2.05, 4.69) is 5.32 Å². The van der Waals surface area contributed by atoms with Gasteiger partial charge in [-0.2, -0.15) is 0 Å². The van der Waals surface area contributed by atoms with Crippen molar-refractivity contribution in [2.75, 3.05) is 12.3 Å². The van der Waals surface area contributed by atoms with Crippen LogP contribution in [0.5, 0.6) is 0 Å². The van der Waals surface area contributed by atoms with Crippen LogP contribution in [0.2, 0.25) is 0 Å². The average molecular weight is 249 g/mol. The molecule has 6 heteroatoms. The van der Waals surface area contributed by atoms with Crippen molar-refractivity contribution in [3.8, 4) is 0 Å². The fourth-order valence-electron chi connectivity index (χ4n) is 1.39. The van der Waals surface area contributed by atoms with Crippen molar-refractivity contribution < 1.29 is 17.9 Å². The number of rotatable bonds is 2. The summed E-state index contributed by atoms with van der Waals surface area (Å²) in [5.41, 5.74) is -0.566. The summed E-state index contributed by atoms with van der Waals surface area (Å²) in [5.74, 6) is 0.208. The van der Waals surface area contributed by atoms with Gasteiger partial charge in [-0.1, -0.05) is 0 Å². The first-order chi connectivity index (χ1) is 7.06. The van der Waals surface area contributed by atoms with E-state index in [9.17, 15) is 13.2 Å². The van der Waals surface area contributed by atoms with E-state index < -0.39 is 26.3 Å². The fourth-order valence-corrected chi connectivity index (χ4v) is 2.92. The lowest BCUT2D eigenvalue weighted by molar-refractivity contribution is 0.0521. The molecule has 1 fully saturated rings. The van der Waals surface area contributed by atoms with Crippen molar-refractivity contribution in [3.63, 3.8) is 0 Å². The van der Waals surface area contributed by atoms with Crippen molar-refractivity contribution in [2.24, 2.45) is 0 Å². The molecule has 1 atom stereocenters. The maximum absolute atomic E-state index is 11.4. The summed E-state index contributed by atoms with van der Waals surface area (Å²) in [4.78, 5) is 11.3. The summed E-state index contributed by atoms with van der Waals surface area (Å²) in [6, 6.07) is 0. The Morgan fingerprint density at radius 1 is 1.44 bits per heavy atom. The van der Waals surface area contributed by atoms with E-state index in [4.69, 9.17) is 4.74 Å². The van der Waals surface area contributed by atoms with Gasteiger partial charge in [0.2, 0.25) is 0 Å². The van der Waals surface area contributed by atoms with Crippen LogP contribution in [-0.2, 0) is 14.6 Å². The third kappa shape index (κ3) is 2.87. The second-order valence-electron chi connectivity index (χ2n) is 5.37. The highest BCUT2D eigenvalue weighted by atomic mass is 32.2. The first-order valence-corrected chi connectivity index (χ1v) is 6.90. The van der Waals surface area contributed by atoms with E-state index in [-0.39, 0.29) is 12.3 Å². The summed E-state index contributed by atoms with van der Waals surface area (Å²) in [6.07, 6.45) is 0.0151. The zero-order chi connectivity index (χ0) is 12.6. The molecule has 1 amide bonds. The molecule has 1 unspecified atom stereocenters. The number of ether oxygens (including phenoxy) is 1. The van der Waals surface area contributed by atoms with Gasteiger partial charge in [0.15, 0.2) is 9.84 Å². The highest BCUT2D eigenvalue weighted by Gasteiger charge is 2.48. The topological polar surface area (TPSA) is 72.5 Å². The molecule has 0 aromatic heterocycles. The van der Waals surface area contributed by atoms with Crippen LogP contribution >= 0.6 is 0 Å². The average Bonchev–Trinajstić information content (AvgIpc) is 2.09. The van der Waals surface area contributed by atoms with Gasteiger partial charge in [0.05, 0.1) is 10.5 Å². The highest BCUT2D eigenvalue weighted by molar-refractivity contribution is 7.94. The van der Waals surface area contributed by atoms with Crippen LogP contribution in [0.15, 0.2) is 0 Å². The van der Waals surface area contributed by atoms with Gasteiger partial charge in [0.25, 0.3) is 0 Å². The molecular formula is C10H19NO4S. The normalized spacial score (nSPS) is 28.0. The number of hydrogen-bond donors (Lipinski definition) is 1. The maximum Gasteiger partial charge on any atom is 0.407 e. The van der Waals surface area contributed by atoms with Crippen molar-refractivity contribution >= 4 is 15.9 Å². The number of sulfone groups is 1. The minimum atomic E-state index is -3.03. The van der Waals surface area contributed by atoms with Crippen LogP contribution in [0.1, 0.15) is 34.1 Å². The molecule has 0 radical (unpaired) electrons. The van der Waals surface area contributed by atoms with E-state index in [1.54, 1.807) is 27.7 Å². The third-order valence-electron chi connectivity index (χ3n) is 2.66. The Labute approximate surface area is 96.5 Å². The van der Waals surface area contributed by atoms with Crippen LogP contribution in [-0.4, -0.2) is 37.2 Å². The number of carbonyl (C=O) groups is 1. The molecule has 1 saturated heterocycles. The van der Waals surface area contributed by atoms with Gasteiger partial charge in [-0.25, -0.2) is 13.2 Å². The largest absolute Gasteiger partial charge is 0.444 e. The summed E-state index contributed by atoms with van der Waals surface area (Å²) in [5, 5.41) is 2.50. The molecule has 0 aromatic carbocycles. The first kappa shape index (κ1) is 13.3. The minimum absolute atomic E-state index is 0.115. The Hall–Kier alpha value is -0.780. The lowest BCUT2D eigenvalue weighted by atomic mass is 10.1. The van der Waals surface area contributed by atoms with Crippen LogP contribution < -0.4 is 5.32 Å². The summed E-state index contributed by atoms with van der Waals surface area (Å²) >= 11 is 0. The second kappa shape index (κ2) is 3.91. The number of carbonyl (C=O) groups excluding carboxylic acids is 1. The molecule has 5 nitrogen and oxygen atoms in total. The predicted molar refractivity (Wildman–Crippen MR) is 61.0 cm³/mol. The standard InChI is InChI=1S/C10H19NO4S/c1-9(2,3)15-8(12)11-7-10(4)5-6-16(10,13)14/h5-7H2,1-4H3,(H,11,12). The van der Waals surface area contributed by atoms with Gasteiger partial charge < -0.3 is 10.1 Å². The summed E-state index contributed by atoms with van der Waals surface area (Å²) < 4.78 is 27.1. The van der Waals surface area contributed by atoms with Gasteiger partial charge in [0.1, 0.15) is 5.60 Å². The molecule has 16 heavy (non-hydrogen) atoms. The van der Waals surface area contributed by atoms with Crippen molar-refractivity contribution in [2.45, 2.75) is 44.5 Å². The molecular weight excluding hydrogens is 230 g/mol. The Morgan fingerprint density at radius 3 is 2.31 bits per heavy atom. The Morgan fingerprint density at radius 2 is 2.00 bits per heavy atom. The van der Waals surface area contributed by atoms with Gasteiger partial charge in [-0.05, 0) is 34.1 Å².